The van der Waals surface area contributed by atoms with Crippen LogP contribution in [0, 0.1) is 11.3 Å². The van der Waals surface area contributed by atoms with Gasteiger partial charge in [-0.2, -0.15) is 5.26 Å². The molecular formula is C26H34N6O4S. The number of nitrogens with one attached hydrogen (secondary N) is 1. The van der Waals surface area contributed by atoms with Crippen LogP contribution in [-0.2, 0) is 14.3 Å². The Kier molecular flexibility index (Phi) is 7.99. The van der Waals surface area contributed by atoms with E-state index < -0.39 is 11.7 Å². The molecule has 0 unspecified atom stereocenters. The van der Waals surface area contributed by atoms with Crippen molar-refractivity contribution in [1.29, 1.82) is 5.26 Å². The molecular weight excluding hydrogens is 492 g/mol. The number of methoxy groups -OCH3 is 1. The minimum atomic E-state index is -0.606. The van der Waals surface area contributed by atoms with Crippen molar-refractivity contribution in [3.63, 3.8) is 0 Å². The highest BCUT2D eigenvalue weighted by Gasteiger charge is 2.33. The van der Waals surface area contributed by atoms with Crippen molar-refractivity contribution in [1.82, 2.24) is 14.9 Å². The molecule has 3 heterocycles. The maximum atomic E-state index is 12.5. The van der Waals surface area contributed by atoms with Crippen molar-refractivity contribution >= 4 is 34.3 Å². The number of rotatable bonds is 7. The van der Waals surface area contributed by atoms with E-state index in [4.69, 9.17) is 14.5 Å². The lowest BCUT2D eigenvalue weighted by Gasteiger charge is -2.41. The molecule has 1 saturated heterocycles. The van der Waals surface area contributed by atoms with Crippen LogP contribution in [0.15, 0.2) is 11.4 Å². The van der Waals surface area contributed by atoms with Gasteiger partial charge in [0.25, 0.3) is 0 Å². The second-order valence-corrected chi connectivity index (χ2v) is 11.3. The molecule has 198 valence electrons. The highest BCUT2D eigenvalue weighted by molar-refractivity contribution is 7.14. The Morgan fingerprint density at radius 2 is 2.03 bits per heavy atom. The van der Waals surface area contributed by atoms with Gasteiger partial charge in [-0.3, -0.25) is 10.1 Å². The molecule has 4 rings (SSSR count). The van der Waals surface area contributed by atoms with Gasteiger partial charge in [0.05, 0.1) is 30.0 Å². The third kappa shape index (κ3) is 6.56. The van der Waals surface area contributed by atoms with Crippen molar-refractivity contribution in [3.8, 4) is 17.3 Å². The molecule has 10 nitrogen and oxygen atoms in total. The van der Waals surface area contributed by atoms with Crippen molar-refractivity contribution in [3.05, 3.63) is 22.7 Å². The number of pyridine rings is 1. The van der Waals surface area contributed by atoms with Gasteiger partial charge in [0.1, 0.15) is 17.5 Å². The number of carbonyl (C=O) groups is 2. The van der Waals surface area contributed by atoms with Crippen molar-refractivity contribution in [2.75, 3.05) is 43.6 Å². The smallest absolute Gasteiger partial charge is 0.413 e. The third-order valence-corrected chi connectivity index (χ3v) is 7.03. The molecule has 0 aromatic carbocycles. The number of carbonyl (C=O) groups excluding carboxylic acids is 2. The lowest BCUT2D eigenvalue weighted by Crippen LogP contribution is -2.54. The average Bonchev–Trinajstić information content (AvgIpc) is 3.59. The van der Waals surface area contributed by atoms with Gasteiger partial charge in [-0.05, 0) is 46.6 Å². The van der Waals surface area contributed by atoms with Gasteiger partial charge in [-0.1, -0.05) is 0 Å². The summed E-state index contributed by atoms with van der Waals surface area (Å²) in [5.74, 6) is 1.06. The number of thiazole rings is 1. The normalized spacial score (nSPS) is 17.9. The molecule has 0 spiro atoms. The minimum absolute atomic E-state index is 0.00414. The number of anilines is 2. The molecule has 1 N–H and O–H groups in total. The fourth-order valence-electron chi connectivity index (χ4n) is 4.41. The van der Waals surface area contributed by atoms with Crippen LogP contribution in [0.3, 0.4) is 0 Å². The summed E-state index contributed by atoms with van der Waals surface area (Å²) in [6.45, 7) is 9.62. The van der Waals surface area contributed by atoms with Gasteiger partial charge in [0, 0.05) is 49.6 Å². The Morgan fingerprint density at radius 1 is 1.27 bits per heavy atom. The molecule has 2 aliphatic rings. The third-order valence-electron chi connectivity index (χ3n) is 6.27. The first-order chi connectivity index (χ1) is 17.6. The number of hydrogen-bond donors (Lipinski definition) is 1. The van der Waals surface area contributed by atoms with E-state index >= 15 is 0 Å². The minimum Gasteiger partial charge on any atom is -0.444 e. The summed E-state index contributed by atoms with van der Waals surface area (Å²) in [7, 11) is 1.59. The van der Waals surface area contributed by atoms with E-state index in [1.165, 1.54) is 11.3 Å². The van der Waals surface area contributed by atoms with Gasteiger partial charge in [-0.25, -0.2) is 14.8 Å². The fraction of sp³-hybridized carbons (Fsp3) is 0.577. The Bertz CT molecular complexity index is 1200. The number of nitrogens with zero attached hydrogens (tertiary/aromatic N) is 5. The molecule has 2 aromatic rings. The predicted octanol–water partition coefficient (Wildman–Crippen LogP) is 4.37. The SMILES string of the molecule is COCCC(=O)N1CCN(c2nc(C3CC3)c(-c3csc(NC(=O)OC(C)(C)C)n3)cc2C#N)C[C@H]1C. The van der Waals surface area contributed by atoms with Gasteiger partial charge < -0.3 is 19.3 Å². The first-order valence-corrected chi connectivity index (χ1v) is 13.4. The predicted molar refractivity (Wildman–Crippen MR) is 142 cm³/mol. The van der Waals surface area contributed by atoms with Crippen LogP contribution in [0.25, 0.3) is 11.3 Å². The van der Waals surface area contributed by atoms with Crippen LogP contribution in [0.5, 0.6) is 0 Å². The summed E-state index contributed by atoms with van der Waals surface area (Å²) in [6.07, 6.45) is 1.88. The zero-order chi connectivity index (χ0) is 26.7. The van der Waals surface area contributed by atoms with Gasteiger partial charge in [0.2, 0.25) is 5.91 Å². The average molecular weight is 527 g/mol. The standard InChI is InChI=1S/C26H34N6O4S/c1-16-14-31(9-10-32(16)21(33)8-11-35-5)23-18(13-27)12-19(22(29-23)17-6-7-17)20-15-37-24(28-20)30-25(34)36-26(2,3)4/h12,15-17H,6-11,14H2,1-5H3,(H,28,30,34)/t16-/m1/s1. The molecule has 2 aromatic heterocycles. The summed E-state index contributed by atoms with van der Waals surface area (Å²) in [5, 5.41) is 15.0. The number of aromatic nitrogens is 2. The van der Waals surface area contributed by atoms with E-state index in [9.17, 15) is 14.9 Å². The lowest BCUT2D eigenvalue weighted by molar-refractivity contribution is -0.134. The second-order valence-electron chi connectivity index (χ2n) is 10.5. The Hall–Kier alpha value is -3.23. The Morgan fingerprint density at radius 3 is 2.65 bits per heavy atom. The lowest BCUT2D eigenvalue weighted by atomic mass is 10.0. The number of hydrogen-bond acceptors (Lipinski definition) is 9. The van der Waals surface area contributed by atoms with Crippen molar-refractivity contribution < 1.29 is 19.1 Å². The zero-order valence-corrected chi connectivity index (χ0v) is 22.9. The summed E-state index contributed by atoms with van der Waals surface area (Å²) in [6, 6.07) is 4.18. The van der Waals surface area contributed by atoms with E-state index in [1.54, 1.807) is 27.9 Å². The molecule has 1 aliphatic carbocycles. The second kappa shape index (κ2) is 11.0. The van der Waals surface area contributed by atoms with E-state index in [0.717, 1.165) is 24.1 Å². The summed E-state index contributed by atoms with van der Waals surface area (Å²) in [5.41, 5.74) is 2.29. The monoisotopic (exact) mass is 526 g/mol. The summed E-state index contributed by atoms with van der Waals surface area (Å²) >= 11 is 1.30. The fourth-order valence-corrected chi connectivity index (χ4v) is 5.11. The molecule has 1 aliphatic heterocycles. The van der Waals surface area contributed by atoms with E-state index in [2.05, 4.69) is 21.3 Å². The van der Waals surface area contributed by atoms with Crippen LogP contribution in [0.4, 0.5) is 15.7 Å². The molecule has 1 atom stereocenters. The van der Waals surface area contributed by atoms with Gasteiger partial charge in [-0.15, -0.1) is 11.3 Å². The van der Waals surface area contributed by atoms with E-state index in [0.29, 0.717) is 60.8 Å². The summed E-state index contributed by atoms with van der Waals surface area (Å²) in [4.78, 5) is 38.3. The Balaban J connectivity index is 1.56. The number of ether oxygens (including phenoxy) is 2. The van der Waals surface area contributed by atoms with Crippen LogP contribution in [0.1, 0.15) is 64.1 Å². The van der Waals surface area contributed by atoms with Crippen molar-refractivity contribution in [2.24, 2.45) is 0 Å². The van der Waals surface area contributed by atoms with Crippen LogP contribution in [0.2, 0.25) is 0 Å². The largest absolute Gasteiger partial charge is 0.444 e. The van der Waals surface area contributed by atoms with Crippen LogP contribution in [-0.4, -0.2) is 71.9 Å². The topological polar surface area (TPSA) is 121 Å². The first kappa shape index (κ1) is 26.8. The van der Waals surface area contributed by atoms with E-state index in [-0.39, 0.29) is 11.9 Å². The van der Waals surface area contributed by atoms with E-state index in [1.807, 2.05) is 23.3 Å². The molecule has 2 fully saturated rings. The first-order valence-electron chi connectivity index (χ1n) is 12.5. The zero-order valence-electron chi connectivity index (χ0n) is 22.0. The summed E-state index contributed by atoms with van der Waals surface area (Å²) < 4.78 is 10.4. The number of amides is 2. The quantitative estimate of drug-likeness (QED) is 0.564. The molecule has 11 heteroatoms. The molecule has 1 saturated carbocycles. The molecule has 0 radical (unpaired) electrons. The number of piperazine rings is 1. The number of nitriles is 1. The highest BCUT2D eigenvalue weighted by Crippen LogP contribution is 2.45. The van der Waals surface area contributed by atoms with Gasteiger partial charge >= 0.3 is 6.09 Å². The maximum Gasteiger partial charge on any atom is 0.413 e. The highest BCUT2D eigenvalue weighted by atomic mass is 32.1. The maximum absolute atomic E-state index is 12.5. The van der Waals surface area contributed by atoms with Gasteiger partial charge in [0.15, 0.2) is 5.13 Å². The molecule has 37 heavy (non-hydrogen) atoms. The van der Waals surface area contributed by atoms with Crippen molar-refractivity contribution in [2.45, 2.75) is 64.5 Å². The van der Waals surface area contributed by atoms with Crippen LogP contribution < -0.4 is 10.2 Å². The molecule has 2 amide bonds. The Labute approximate surface area is 221 Å². The van der Waals surface area contributed by atoms with Crippen LogP contribution >= 0.6 is 11.3 Å². The molecule has 0 bridgehead atoms.